The standard InChI is InChI=1S/C24H30ClN5O3S/c1-5-18-21(27-19-13-29(14-20(19)33-7-3)24-26-10-11-34-24)23(31)30(6-2)22(28-18)16-9-8-15(32-4)12-17(16)25/h8-12,19-20,27H,5-7,13-14H2,1-4H3. The van der Waals surface area contributed by atoms with Crippen molar-refractivity contribution in [3.63, 3.8) is 0 Å². The van der Waals surface area contributed by atoms with E-state index in [1.165, 1.54) is 0 Å². The molecule has 1 aromatic carbocycles. The van der Waals surface area contributed by atoms with Gasteiger partial charge in [-0.15, -0.1) is 11.3 Å². The molecule has 1 aliphatic heterocycles. The summed E-state index contributed by atoms with van der Waals surface area (Å²) in [6.07, 6.45) is 2.34. The molecule has 4 rings (SSSR count). The molecule has 0 radical (unpaired) electrons. The van der Waals surface area contributed by atoms with Crippen molar-refractivity contribution in [2.75, 3.05) is 37.0 Å². The van der Waals surface area contributed by atoms with Gasteiger partial charge in [0, 0.05) is 43.4 Å². The number of aromatic nitrogens is 3. The fourth-order valence-electron chi connectivity index (χ4n) is 4.31. The van der Waals surface area contributed by atoms with Gasteiger partial charge >= 0.3 is 0 Å². The Morgan fingerprint density at radius 3 is 2.71 bits per heavy atom. The SMILES string of the molecule is CCOC1CN(c2nccs2)CC1Nc1c(CC)nc(-c2ccc(OC)cc2Cl)n(CC)c1=O. The lowest BCUT2D eigenvalue weighted by atomic mass is 10.1. The maximum Gasteiger partial charge on any atom is 0.277 e. The molecule has 1 fully saturated rings. The Morgan fingerprint density at radius 2 is 2.09 bits per heavy atom. The molecular weight excluding hydrogens is 474 g/mol. The van der Waals surface area contributed by atoms with Gasteiger partial charge in [0.05, 0.1) is 30.0 Å². The molecule has 2 atom stereocenters. The molecule has 0 aliphatic carbocycles. The lowest BCUT2D eigenvalue weighted by Gasteiger charge is -2.23. The molecule has 2 unspecified atom stereocenters. The van der Waals surface area contributed by atoms with Crippen molar-refractivity contribution in [3.05, 3.63) is 50.8 Å². The van der Waals surface area contributed by atoms with E-state index in [9.17, 15) is 4.79 Å². The first kappa shape index (κ1) is 24.5. The zero-order valence-electron chi connectivity index (χ0n) is 19.9. The number of hydrogen-bond donors (Lipinski definition) is 1. The molecule has 8 nitrogen and oxygen atoms in total. The van der Waals surface area contributed by atoms with Crippen molar-refractivity contribution in [1.29, 1.82) is 0 Å². The minimum absolute atomic E-state index is 0.0654. The third-order valence-electron chi connectivity index (χ3n) is 5.98. The average Bonchev–Trinajstić information content (AvgIpc) is 3.51. The summed E-state index contributed by atoms with van der Waals surface area (Å²) in [5.74, 6) is 1.21. The molecule has 2 aromatic heterocycles. The van der Waals surface area contributed by atoms with Crippen LogP contribution in [0.5, 0.6) is 5.75 Å². The molecule has 182 valence electrons. The molecule has 0 saturated carbocycles. The minimum Gasteiger partial charge on any atom is -0.497 e. The third-order valence-corrected chi connectivity index (χ3v) is 7.12. The second kappa shape index (κ2) is 10.8. The zero-order chi connectivity index (χ0) is 24.2. The van der Waals surface area contributed by atoms with Crippen LogP contribution < -0.4 is 20.5 Å². The summed E-state index contributed by atoms with van der Waals surface area (Å²) in [7, 11) is 1.59. The largest absolute Gasteiger partial charge is 0.497 e. The van der Waals surface area contributed by atoms with Gasteiger partial charge < -0.3 is 19.7 Å². The number of thiazole rings is 1. The van der Waals surface area contributed by atoms with E-state index in [1.54, 1.807) is 35.3 Å². The van der Waals surface area contributed by atoms with E-state index in [4.69, 9.17) is 26.1 Å². The second-order valence-corrected chi connectivity index (χ2v) is 9.25. The van der Waals surface area contributed by atoms with Crippen molar-refractivity contribution >= 4 is 33.8 Å². The number of nitrogens with one attached hydrogen (secondary N) is 1. The van der Waals surface area contributed by atoms with E-state index >= 15 is 0 Å². The quantitative estimate of drug-likeness (QED) is 0.465. The van der Waals surface area contributed by atoms with Crippen LogP contribution in [0.2, 0.25) is 5.02 Å². The molecule has 0 amide bonds. The highest BCUT2D eigenvalue weighted by Gasteiger charge is 2.35. The van der Waals surface area contributed by atoms with Crippen molar-refractivity contribution < 1.29 is 9.47 Å². The molecule has 0 spiro atoms. The van der Waals surface area contributed by atoms with Crippen molar-refractivity contribution in [2.24, 2.45) is 0 Å². The van der Waals surface area contributed by atoms with Crippen LogP contribution in [0, 0.1) is 0 Å². The number of methoxy groups -OCH3 is 1. The molecular formula is C24H30ClN5O3S. The van der Waals surface area contributed by atoms with Crippen LogP contribution in [0.25, 0.3) is 11.4 Å². The van der Waals surface area contributed by atoms with Crippen molar-refractivity contribution in [2.45, 2.75) is 45.9 Å². The highest BCUT2D eigenvalue weighted by molar-refractivity contribution is 7.13. The Morgan fingerprint density at radius 1 is 1.26 bits per heavy atom. The van der Waals surface area contributed by atoms with E-state index < -0.39 is 0 Å². The molecule has 1 N–H and O–H groups in total. The Balaban J connectivity index is 1.72. The number of rotatable bonds is 9. The van der Waals surface area contributed by atoms with Gasteiger partial charge in [0.25, 0.3) is 5.56 Å². The van der Waals surface area contributed by atoms with Gasteiger partial charge in [-0.05, 0) is 38.5 Å². The highest BCUT2D eigenvalue weighted by atomic mass is 35.5. The van der Waals surface area contributed by atoms with Crippen LogP contribution in [0.4, 0.5) is 10.8 Å². The third kappa shape index (κ3) is 4.78. The number of halogens is 1. The number of anilines is 2. The fraction of sp³-hybridized carbons (Fsp3) is 0.458. The first-order chi connectivity index (χ1) is 16.5. The minimum atomic E-state index is -0.112. The van der Waals surface area contributed by atoms with E-state index in [1.807, 2.05) is 38.3 Å². The summed E-state index contributed by atoms with van der Waals surface area (Å²) in [5.41, 5.74) is 1.82. The van der Waals surface area contributed by atoms with E-state index in [0.717, 1.165) is 11.7 Å². The van der Waals surface area contributed by atoms with Gasteiger partial charge in [-0.3, -0.25) is 9.36 Å². The smallest absolute Gasteiger partial charge is 0.277 e. The van der Waals surface area contributed by atoms with Crippen LogP contribution in [0.1, 0.15) is 26.5 Å². The Bertz CT molecular complexity index is 1180. The molecule has 3 heterocycles. The lowest BCUT2D eigenvalue weighted by Crippen LogP contribution is -2.38. The Labute approximate surface area is 208 Å². The summed E-state index contributed by atoms with van der Waals surface area (Å²) in [6, 6.07) is 5.34. The van der Waals surface area contributed by atoms with Gasteiger partial charge in [-0.1, -0.05) is 18.5 Å². The monoisotopic (exact) mass is 503 g/mol. The topological polar surface area (TPSA) is 81.5 Å². The van der Waals surface area contributed by atoms with Gasteiger partial charge in [0.2, 0.25) is 0 Å². The zero-order valence-corrected chi connectivity index (χ0v) is 21.4. The predicted molar refractivity (Wildman–Crippen MR) is 138 cm³/mol. The fourth-order valence-corrected chi connectivity index (χ4v) is 5.23. The van der Waals surface area contributed by atoms with Crippen LogP contribution in [-0.4, -0.2) is 53.5 Å². The van der Waals surface area contributed by atoms with Crippen LogP contribution in [0.3, 0.4) is 0 Å². The van der Waals surface area contributed by atoms with Crippen LogP contribution in [-0.2, 0) is 17.7 Å². The second-order valence-electron chi connectivity index (χ2n) is 7.97. The maximum atomic E-state index is 13.7. The summed E-state index contributed by atoms with van der Waals surface area (Å²) in [5, 5.41) is 6.91. The highest BCUT2D eigenvalue weighted by Crippen LogP contribution is 2.31. The van der Waals surface area contributed by atoms with Gasteiger partial charge in [-0.2, -0.15) is 0 Å². The first-order valence-electron chi connectivity index (χ1n) is 11.5. The van der Waals surface area contributed by atoms with E-state index in [0.29, 0.717) is 59.7 Å². The van der Waals surface area contributed by atoms with E-state index in [-0.39, 0.29) is 17.7 Å². The van der Waals surface area contributed by atoms with Crippen molar-refractivity contribution in [1.82, 2.24) is 14.5 Å². The lowest BCUT2D eigenvalue weighted by molar-refractivity contribution is 0.0720. The Kier molecular flexibility index (Phi) is 7.75. The molecule has 10 heteroatoms. The summed E-state index contributed by atoms with van der Waals surface area (Å²) >= 11 is 8.14. The molecule has 3 aromatic rings. The number of hydrogen-bond acceptors (Lipinski definition) is 8. The van der Waals surface area contributed by atoms with Gasteiger partial charge in [-0.25, -0.2) is 9.97 Å². The molecule has 1 saturated heterocycles. The molecule has 1 aliphatic rings. The average molecular weight is 504 g/mol. The number of aryl methyl sites for hydroxylation is 1. The first-order valence-corrected chi connectivity index (χ1v) is 12.8. The Hall–Kier alpha value is -2.62. The number of nitrogens with zero attached hydrogens (tertiary/aromatic N) is 4. The normalized spacial score (nSPS) is 17.9. The van der Waals surface area contributed by atoms with Crippen LogP contribution in [0.15, 0.2) is 34.6 Å². The predicted octanol–water partition coefficient (Wildman–Crippen LogP) is 4.32. The number of benzene rings is 1. The van der Waals surface area contributed by atoms with Gasteiger partial charge in [0.15, 0.2) is 5.13 Å². The summed E-state index contributed by atoms with van der Waals surface area (Å²) in [4.78, 5) is 25.2. The summed E-state index contributed by atoms with van der Waals surface area (Å²) < 4.78 is 13.0. The molecule has 34 heavy (non-hydrogen) atoms. The summed E-state index contributed by atoms with van der Waals surface area (Å²) in [6.45, 7) is 8.39. The van der Waals surface area contributed by atoms with Crippen molar-refractivity contribution in [3.8, 4) is 17.1 Å². The van der Waals surface area contributed by atoms with Crippen LogP contribution >= 0.6 is 22.9 Å². The number of ether oxygens (including phenoxy) is 2. The van der Waals surface area contributed by atoms with E-state index in [2.05, 4.69) is 15.2 Å². The van der Waals surface area contributed by atoms with Gasteiger partial charge in [0.1, 0.15) is 17.3 Å². The molecule has 0 bridgehead atoms. The maximum absolute atomic E-state index is 13.7.